The van der Waals surface area contributed by atoms with Gasteiger partial charge in [0, 0.05) is 48.1 Å². The Balaban J connectivity index is 1.22. The van der Waals surface area contributed by atoms with E-state index in [0.29, 0.717) is 0 Å². The fourth-order valence-corrected chi connectivity index (χ4v) is 10.7. The maximum absolute atomic E-state index is 2.52. The first-order valence-electron chi connectivity index (χ1n) is 21.7. The molecule has 0 saturated heterocycles. The van der Waals surface area contributed by atoms with E-state index in [-0.39, 0.29) is 16.2 Å². The van der Waals surface area contributed by atoms with Gasteiger partial charge in [0.05, 0.1) is 5.69 Å². The molecule has 1 aliphatic carbocycles. The lowest BCUT2D eigenvalue weighted by molar-refractivity contribution is 0.569. The number of benzene rings is 8. The fourth-order valence-electron chi connectivity index (χ4n) is 9.44. The third-order valence-corrected chi connectivity index (χ3v) is 14.2. The molecule has 0 atom stereocenters. The average molecular weight is 808 g/mol. The Bertz CT molecular complexity index is 3080. The van der Waals surface area contributed by atoms with Gasteiger partial charge in [-0.1, -0.05) is 195 Å². The van der Waals surface area contributed by atoms with Gasteiger partial charge in [-0.2, -0.15) is 0 Å². The van der Waals surface area contributed by atoms with Crippen LogP contribution in [0.1, 0.15) is 77.6 Å². The van der Waals surface area contributed by atoms with Gasteiger partial charge in [-0.15, -0.1) is 11.3 Å². The highest BCUT2D eigenvalue weighted by Crippen LogP contribution is 2.52. The number of fused-ring (bicyclic) bond motifs is 6. The molecule has 0 saturated carbocycles. The summed E-state index contributed by atoms with van der Waals surface area (Å²) in [6, 6.07) is 66.2. The van der Waals surface area contributed by atoms with E-state index >= 15 is 0 Å². The van der Waals surface area contributed by atoms with Crippen molar-refractivity contribution < 1.29 is 0 Å². The predicted octanol–water partition coefficient (Wildman–Crippen LogP) is 17.4. The Morgan fingerprint density at radius 3 is 1.72 bits per heavy atom. The topological polar surface area (TPSA) is 3.24 Å². The molecule has 61 heavy (non-hydrogen) atoms. The minimum atomic E-state index is -0.141. The van der Waals surface area contributed by atoms with Crippen LogP contribution in [0.4, 0.5) is 17.1 Å². The van der Waals surface area contributed by atoms with E-state index in [4.69, 9.17) is 0 Å². The van der Waals surface area contributed by atoms with E-state index in [0.717, 1.165) is 17.1 Å². The molecular formula is C59H53NS. The smallest absolute Gasteiger partial charge is 0.0546 e. The van der Waals surface area contributed by atoms with Crippen molar-refractivity contribution in [2.75, 3.05) is 4.90 Å². The highest BCUT2D eigenvalue weighted by atomic mass is 32.1. The zero-order valence-corrected chi connectivity index (χ0v) is 37.4. The lowest BCUT2D eigenvalue weighted by atomic mass is 9.79. The van der Waals surface area contributed by atoms with Crippen LogP contribution in [0.2, 0.25) is 0 Å². The highest BCUT2D eigenvalue weighted by molar-refractivity contribution is 7.26. The molecule has 2 heteroatoms. The second-order valence-corrected chi connectivity index (χ2v) is 20.5. The minimum Gasteiger partial charge on any atom is -0.310 e. The summed E-state index contributed by atoms with van der Waals surface area (Å²) in [5.41, 5.74) is 18.8. The first kappa shape index (κ1) is 38.9. The number of hydrogen-bond donors (Lipinski definition) is 0. The standard InChI is InChI=1S/C59H53NS/c1-57(2,3)42-33-41(34-43(36-42)58(4,5)6)39-25-28-44(29-26-39)60(45-30-32-47-46-19-12-14-23-52(46)59(7,8)53(47)37-45)54-35-40(38-17-10-9-11-18-38)27-31-48(54)50-21-16-22-51-49-20-13-15-24-55(49)61-56(50)51/h9-37H,1-8H3. The Morgan fingerprint density at radius 1 is 0.410 bits per heavy atom. The van der Waals surface area contributed by atoms with Crippen molar-refractivity contribution in [1.29, 1.82) is 0 Å². The van der Waals surface area contributed by atoms with Crippen molar-refractivity contribution in [3.05, 3.63) is 198 Å². The first-order valence-corrected chi connectivity index (χ1v) is 22.5. The van der Waals surface area contributed by atoms with Crippen LogP contribution in [-0.4, -0.2) is 0 Å². The molecule has 0 aliphatic heterocycles. The Hall–Kier alpha value is -6.22. The SMILES string of the molecule is CC(C)(C)c1cc(-c2ccc(N(c3ccc4c(c3)C(C)(C)c3ccccc3-4)c3cc(-c4ccccc4)ccc3-c3cccc4c3sc3ccccc34)cc2)cc(C(C)(C)C)c1. The molecule has 1 aromatic heterocycles. The van der Waals surface area contributed by atoms with Gasteiger partial charge >= 0.3 is 0 Å². The van der Waals surface area contributed by atoms with Gasteiger partial charge in [-0.05, 0) is 103 Å². The van der Waals surface area contributed by atoms with Gasteiger partial charge in [-0.25, -0.2) is 0 Å². The molecule has 1 aliphatic rings. The Morgan fingerprint density at radius 2 is 0.984 bits per heavy atom. The summed E-state index contributed by atoms with van der Waals surface area (Å²) in [5, 5.41) is 2.61. The second-order valence-electron chi connectivity index (χ2n) is 19.5. The summed E-state index contributed by atoms with van der Waals surface area (Å²) in [4.78, 5) is 2.52. The van der Waals surface area contributed by atoms with Gasteiger partial charge < -0.3 is 4.90 Å². The maximum Gasteiger partial charge on any atom is 0.0546 e. The summed E-state index contributed by atoms with van der Waals surface area (Å²) in [6.45, 7) is 18.6. The van der Waals surface area contributed by atoms with Crippen molar-refractivity contribution in [3.8, 4) is 44.5 Å². The molecule has 1 heterocycles. The molecule has 0 N–H and O–H groups in total. The zero-order valence-electron chi connectivity index (χ0n) is 36.6. The van der Waals surface area contributed by atoms with Gasteiger partial charge in [0.15, 0.2) is 0 Å². The van der Waals surface area contributed by atoms with E-state index in [1.165, 1.54) is 86.9 Å². The van der Waals surface area contributed by atoms with Crippen LogP contribution in [0.15, 0.2) is 176 Å². The van der Waals surface area contributed by atoms with Gasteiger partial charge in [-0.3, -0.25) is 0 Å². The summed E-state index contributed by atoms with van der Waals surface area (Å²) in [7, 11) is 0. The third kappa shape index (κ3) is 6.78. The number of hydrogen-bond acceptors (Lipinski definition) is 2. The summed E-state index contributed by atoms with van der Waals surface area (Å²) in [5.74, 6) is 0. The molecule has 10 rings (SSSR count). The van der Waals surface area contributed by atoms with E-state index in [2.05, 4.69) is 236 Å². The summed E-state index contributed by atoms with van der Waals surface area (Å²) < 4.78 is 2.62. The van der Waals surface area contributed by atoms with E-state index in [1.807, 2.05) is 11.3 Å². The molecule has 8 aromatic carbocycles. The van der Waals surface area contributed by atoms with Crippen molar-refractivity contribution in [2.45, 2.75) is 71.6 Å². The maximum atomic E-state index is 2.52. The number of anilines is 3. The van der Waals surface area contributed by atoms with Gasteiger partial charge in [0.25, 0.3) is 0 Å². The van der Waals surface area contributed by atoms with Crippen LogP contribution in [0, 0.1) is 0 Å². The van der Waals surface area contributed by atoms with Crippen LogP contribution in [0.5, 0.6) is 0 Å². The van der Waals surface area contributed by atoms with Crippen molar-refractivity contribution in [2.24, 2.45) is 0 Å². The molecule has 0 spiro atoms. The lowest BCUT2D eigenvalue weighted by Gasteiger charge is -2.30. The zero-order chi connectivity index (χ0) is 42.3. The lowest BCUT2D eigenvalue weighted by Crippen LogP contribution is -2.17. The Labute approximate surface area is 366 Å². The van der Waals surface area contributed by atoms with Crippen LogP contribution in [0.3, 0.4) is 0 Å². The third-order valence-electron chi connectivity index (χ3n) is 13.0. The molecular weight excluding hydrogens is 755 g/mol. The number of thiophene rings is 1. The normalized spacial score (nSPS) is 13.4. The average Bonchev–Trinajstić information content (AvgIpc) is 3.75. The van der Waals surface area contributed by atoms with Crippen molar-refractivity contribution in [1.82, 2.24) is 0 Å². The van der Waals surface area contributed by atoms with E-state index < -0.39 is 0 Å². The molecule has 0 radical (unpaired) electrons. The predicted molar refractivity (Wildman–Crippen MR) is 265 cm³/mol. The summed E-state index contributed by atoms with van der Waals surface area (Å²) >= 11 is 1.89. The van der Waals surface area contributed by atoms with Crippen molar-refractivity contribution in [3.63, 3.8) is 0 Å². The van der Waals surface area contributed by atoms with Crippen LogP contribution >= 0.6 is 11.3 Å². The summed E-state index contributed by atoms with van der Waals surface area (Å²) in [6.07, 6.45) is 0. The van der Waals surface area contributed by atoms with Gasteiger partial charge in [0.1, 0.15) is 0 Å². The van der Waals surface area contributed by atoms with E-state index in [9.17, 15) is 0 Å². The van der Waals surface area contributed by atoms with Gasteiger partial charge in [0.2, 0.25) is 0 Å². The van der Waals surface area contributed by atoms with Crippen LogP contribution in [-0.2, 0) is 16.2 Å². The minimum absolute atomic E-state index is 0.0329. The van der Waals surface area contributed by atoms with E-state index in [1.54, 1.807) is 0 Å². The fraction of sp³-hybridized carbons (Fsp3) is 0.186. The second kappa shape index (κ2) is 14.5. The largest absolute Gasteiger partial charge is 0.310 e. The number of nitrogens with zero attached hydrogens (tertiary/aromatic N) is 1. The molecule has 0 fully saturated rings. The molecule has 1 nitrogen and oxygen atoms in total. The Kier molecular flexibility index (Phi) is 9.23. The molecule has 0 unspecified atom stereocenters. The molecule has 0 amide bonds. The molecule has 0 bridgehead atoms. The molecule has 300 valence electrons. The monoisotopic (exact) mass is 807 g/mol. The van der Waals surface area contributed by atoms with Crippen molar-refractivity contribution >= 4 is 48.6 Å². The number of rotatable bonds is 6. The van der Waals surface area contributed by atoms with Crippen LogP contribution < -0.4 is 4.90 Å². The molecule has 9 aromatic rings. The van der Waals surface area contributed by atoms with Crippen LogP contribution in [0.25, 0.3) is 64.7 Å². The highest BCUT2D eigenvalue weighted by Gasteiger charge is 2.36. The quantitative estimate of drug-likeness (QED) is 0.162. The first-order chi connectivity index (χ1) is 29.3.